The number of rotatable bonds is 4. The van der Waals surface area contributed by atoms with Crippen molar-refractivity contribution in [3.8, 4) is 0 Å². The van der Waals surface area contributed by atoms with Crippen molar-refractivity contribution < 1.29 is 4.42 Å². The Labute approximate surface area is 90.5 Å². The Morgan fingerprint density at radius 3 is 3.13 bits per heavy atom. The summed E-state index contributed by atoms with van der Waals surface area (Å²) in [5.41, 5.74) is 6.34. The van der Waals surface area contributed by atoms with Gasteiger partial charge in [0.15, 0.2) is 5.89 Å². The lowest BCUT2D eigenvalue weighted by Gasteiger charge is -2.11. The number of hydrogen-bond donors (Lipinski definition) is 1. The van der Waals surface area contributed by atoms with E-state index in [0.29, 0.717) is 12.5 Å². The normalized spacial score (nSPS) is 22.4. The molecule has 2 heterocycles. The molecule has 1 atom stereocenters. The molecule has 2 N–H and O–H groups in total. The zero-order valence-corrected chi connectivity index (χ0v) is 9.28. The summed E-state index contributed by atoms with van der Waals surface area (Å²) >= 11 is 0. The molecule has 1 saturated heterocycles. The summed E-state index contributed by atoms with van der Waals surface area (Å²) in [4.78, 5) is 6.80. The molecule has 4 nitrogen and oxygen atoms in total. The Bertz CT molecular complexity index is 311. The second-order valence-electron chi connectivity index (χ2n) is 4.19. The first-order valence-electron chi connectivity index (χ1n) is 5.67. The van der Waals surface area contributed by atoms with Crippen LogP contribution in [0.25, 0.3) is 0 Å². The highest BCUT2D eigenvalue weighted by molar-refractivity contribution is 4.97. The summed E-state index contributed by atoms with van der Waals surface area (Å²) in [5, 5.41) is 0. The van der Waals surface area contributed by atoms with Crippen molar-refractivity contribution in [2.75, 3.05) is 19.6 Å². The first-order chi connectivity index (χ1) is 7.31. The van der Waals surface area contributed by atoms with Crippen molar-refractivity contribution in [1.82, 2.24) is 9.88 Å². The molecule has 0 saturated carbocycles. The van der Waals surface area contributed by atoms with E-state index in [0.717, 1.165) is 24.6 Å². The maximum Gasteiger partial charge on any atom is 0.194 e. The summed E-state index contributed by atoms with van der Waals surface area (Å²) in [6, 6.07) is 0. The number of nitrogens with two attached hydrogens (primary N) is 1. The molecule has 1 aliphatic rings. The van der Waals surface area contributed by atoms with Crippen LogP contribution in [0, 0.1) is 5.92 Å². The minimum atomic E-state index is 0.468. The molecule has 1 aromatic rings. The Kier molecular flexibility index (Phi) is 3.38. The fraction of sp³-hybridized carbons (Fsp3) is 0.727. The fourth-order valence-electron chi connectivity index (χ4n) is 2.15. The van der Waals surface area contributed by atoms with Gasteiger partial charge in [-0.05, 0) is 25.4 Å². The summed E-state index contributed by atoms with van der Waals surface area (Å²) < 4.78 is 5.38. The molecule has 0 radical (unpaired) electrons. The van der Waals surface area contributed by atoms with E-state index in [1.807, 2.05) is 0 Å². The summed E-state index contributed by atoms with van der Waals surface area (Å²) in [6.07, 6.45) is 3.88. The minimum Gasteiger partial charge on any atom is -0.449 e. The molecule has 84 valence electrons. The van der Waals surface area contributed by atoms with Crippen molar-refractivity contribution >= 4 is 0 Å². The Morgan fingerprint density at radius 1 is 1.67 bits per heavy atom. The summed E-state index contributed by atoms with van der Waals surface area (Å²) in [7, 11) is 0. The van der Waals surface area contributed by atoms with Gasteiger partial charge in [-0.1, -0.05) is 6.92 Å². The van der Waals surface area contributed by atoms with E-state index >= 15 is 0 Å². The number of oxazole rings is 1. The number of likely N-dealkylation sites (tertiary alicyclic amines) is 1. The molecule has 15 heavy (non-hydrogen) atoms. The molecule has 0 aromatic carbocycles. The van der Waals surface area contributed by atoms with Crippen molar-refractivity contribution in [2.24, 2.45) is 11.7 Å². The smallest absolute Gasteiger partial charge is 0.194 e. The van der Waals surface area contributed by atoms with E-state index in [1.165, 1.54) is 19.5 Å². The van der Waals surface area contributed by atoms with Gasteiger partial charge in [-0.25, -0.2) is 4.98 Å². The summed E-state index contributed by atoms with van der Waals surface area (Å²) in [6.45, 7) is 6.22. The van der Waals surface area contributed by atoms with E-state index in [4.69, 9.17) is 10.2 Å². The van der Waals surface area contributed by atoms with E-state index in [1.54, 1.807) is 6.26 Å². The van der Waals surface area contributed by atoms with Crippen LogP contribution in [0.15, 0.2) is 10.7 Å². The molecule has 0 aliphatic carbocycles. The van der Waals surface area contributed by atoms with Gasteiger partial charge in [0.1, 0.15) is 6.26 Å². The topological polar surface area (TPSA) is 55.3 Å². The highest BCUT2D eigenvalue weighted by Crippen LogP contribution is 2.20. The van der Waals surface area contributed by atoms with E-state index in [-0.39, 0.29) is 0 Å². The molecule has 1 aromatic heterocycles. The van der Waals surface area contributed by atoms with Crippen molar-refractivity contribution in [2.45, 2.75) is 26.3 Å². The molecule has 0 bridgehead atoms. The van der Waals surface area contributed by atoms with Gasteiger partial charge >= 0.3 is 0 Å². The van der Waals surface area contributed by atoms with Gasteiger partial charge in [0.05, 0.1) is 5.69 Å². The van der Waals surface area contributed by atoms with Gasteiger partial charge in [0.2, 0.25) is 0 Å². The zero-order chi connectivity index (χ0) is 10.7. The van der Waals surface area contributed by atoms with E-state index in [9.17, 15) is 0 Å². The lowest BCUT2D eigenvalue weighted by molar-refractivity contribution is 0.335. The number of nitrogens with zero attached hydrogens (tertiary/aromatic N) is 2. The maximum atomic E-state index is 5.48. The Morgan fingerprint density at radius 2 is 2.53 bits per heavy atom. The second-order valence-corrected chi connectivity index (χ2v) is 4.19. The zero-order valence-electron chi connectivity index (χ0n) is 9.28. The van der Waals surface area contributed by atoms with Crippen molar-refractivity contribution in [3.05, 3.63) is 17.8 Å². The largest absolute Gasteiger partial charge is 0.449 e. The standard InChI is InChI=1S/C11H19N3O/c1-2-14-4-3-9(7-14)5-11-13-10(6-12)8-15-11/h8-9H,2-7,12H2,1H3. The van der Waals surface area contributed by atoms with Gasteiger partial charge < -0.3 is 15.1 Å². The van der Waals surface area contributed by atoms with Crippen LogP contribution in [0.1, 0.15) is 24.9 Å². The SMILES string of the molecule is CCN1CCC(Cc2nc(CN)co2)C1. The molecule has 0 amide bonds. The van der Waals surface area contributed by atoms with Crippen LogP contribution in [0.5, 0.6) is 0 Å². The van der Waals surface area contributed by atoms with Crippen molar-refractivity contribution in [1.29, 1.82) is 0 Å². The third-order valence-corrected chi connectivity index (χ3v) is 3.09. The summed E-state index contributed by atoms with van der Waals surface area (Å²) in [5.74, 6) is 1.55. The van der Waals surface area contributed by atoms with Gasteiger partial charge in [-0.15, -0.1) is 0 Å². The quantitative estimate of drug-likeness (QED) is 0.804. The van der Waals surface area contributed by atoms with Crippen LogP contribution in [0.4, 0.5) is 0 Å². The van der Waals surface area contributed by atoms with Crippen LogP contribution in [0.2, 0.25) is 0 Å². The van der Waals surface area contributed by atoms with Gasteiger partial charge in [-0.3, -0.25) is 0 Å². The Hall–Kier alpha value is -0.870. The number of hydrogen-bond acceptors (Lipinski definition) is 4. The first kappa shape index (κ1) is 10.6. The predicted octanol–water partition coefficient (Wildman–Crippen LogP) is 1.02. The lowest BCUT2D eigenvalue weighted by Crippen LogP contribution is -2.20. The fourth-order valence-corrected chi connectivity index (χ4v) is 2.15. The molecule has 1 unspecified atom stereocenters. The van der Waals surface area contributed by atoms with Crippen molar-refractivity contribution in [3.63, 3.8) is 0 Å². The molecule has 2 rings (SSSR count). The van der Waals surface area contributed by atoms with Crippen LogP contribution < -0.4 is 5.73 Å². The molecule has 4 heteroatoms. The van der Waals surface area contributed by atoms with E-state index in [2.05, 4.69) is 16.8 Å². The Balaban J connectivity index is 1.87. The highest BCUT2D eigenvalue weighted by atomic mass is 16.3. The van der Waals surface area contributed by atoms with Crippen LogP contribution in [-0.4, -0.2) is 29.5 Å². The minimum absolute atomic E-state index is 0.468. The molecule has 0 spiro atoms. The third-order valence-electron chi connectivity index (χ3n) is 3.09. The molecule has 1 fully saturated rings. The van der Waals surface area contributed by atoms with Gasteiger partial charge in [0, 0.05) is 19.5 Å². The van der Waals surface area contributed by atoms with Gasteiger partial charge in [0.25, 0.3) is 0 Å². The molecular formula is C11H19N3O. The second kappa shape index (κ2) is 4.77. The third kappa shape index (κ3) is 2.58. The monoisotopic (exact) mass is 209 g/mol. The lowest BCUT2D eigenvalue weighted by atomic mass is 10.1. The predicted molar refractivity (Wildman–Crippen MR) is 58.3 cm³/mol. The molecular weight excluding hydrogens is 190 g/mol. The molecule has 1 aliphatic heterocycles. The average Bonchev–Trinajstić information content (AvgIpc) is 2.87. The maximum absolute atomic E-state index is 5.48. The first-order valence-corrected chi connectivity index (χ1v) is 5.67. The number of aromatic nitrogens is 1. The van der Waals surface area contributed by atoms with E-state index < -0.39 is 0 Å². The van der Waals surface area contributed by atoms with Crippen LogP contribution in [0.3, 0.4) is 0 Å². The van der Waals surface area contributed by atoms with Gasteiger partial charge in [-0.2, -0.15) is 0 Å². The average molecular weight is 209 g/mol. The highest BCUT2D eigenvalue weighted by Gasteiger charge is 2.22. The van der Waals surface area contributed by atoms with Crippen LogP contribution in [-0.2, 0) is 13.0 Å². The van der Waals surface area contributed by atoms with Crippen LogP contribution >= 0.6 is 0 Å².